The van der Waals surface area contributed by atoms with E-state index in [2.05, 4.69) is 0 Å². The molecule has 0 aliphatic rings. The zero-order valence-corrected chi connectivity index (χ0v) is 10.2. The van der Waals surface area contributed by atoms with Gasteiger partial charge in [0, 0.05) is 6.20 Å². The summed E-state index contributed by atoms with van der Waals surface area (Å²) in [5.41, 5.74) is 1.13. The van der Waals surface area contributed by atoms with Gasteiger partial charge in [-0.2, -0.15) is 0 Å². The van der Waals surface area contributed by atoms with Gasteiger partial charge < -0.3 is 4.57 Å². The van der Waals surface area contributed by atoms with Gasteiger partial charge in [-0.15, -0.1) is 0 Å². The zero-order chi connectivity index (χ0) is 11.7. The first-order chi connectivity index (χ1) is 7.63. The molecule has 1 aromatic heterocycles. The molecule has 0 radical (unpaired) electrons. The lowest BCUT2D eigenvalue weighted by atomic mass is 10.3. The highest BCUT2D eigenvalue weighted by atomic mass is 35.5. The van der Waals surface area contributed by atoms with E-state index in [1.165, 1.54) is 0 Å². The van der Waals surface area contributed by atoms with Crippen LogP contribution in [0.5, 0.6) is 0 Å². The van der Waals surface area contributed by atoms with Crippen LogP contribution in [0.4, 0.5) is 0 Å². The van der Waals surface area contributed by atoms with Crippen molar-refractivity contribution < 1.29 is 4.79 Å². The molecule has 0 aliphatic carbocycles. The molecule has 1 aromatic carbocycles. The fraction of sp³-hybridized carbons (Fsp3) is 0. The summed E-state index contributed by atoms with van der Waals surface area (Å²) >= 11 is 17.8. The molecule has 0 bridgehead atoms. The number of benzene rings is 1. The van der Waals surface area contributed by atoms with Crippen LogP contribution < -0.4 is 0 Å². The van der Waals surface area contributed by atoms with Crippen molar-refractivity contribution in [3.63, 3.8) is 0 Å². The maximum atomic E-state index is 10.8. The zero-order valence-electron chi connectivity index (χ0n) is 7.95. The van der Waals surface area contributed by atoms with Gasteiger partial charge in [0.1, 0.15) is 0 Å². The molecule has 5 heteroatoms. The van der Waals surface area contributed by atoms with Gasteiger partial charge in [-0.1, -0.05) is 34.8 Å². The van der Waals surface area contributed by atoms with E-state index >= 15 is 0 Å². The molecular weight excluding hydrogens is 268 g/mol. The lowest BCUT2D eigenvalue weighted by Gasteiger charge is -2.09. The van der Waals surface area contributed by atoms with E-state index in [1.807, 2.05) is 0 Å². The maximum Gasteiger partial charge on any atom is 0.166 e. The Bertz CT molecular complexity index is 548. The molecule has 0 fully saturated rings. The van der Waals surface area contributed by atoms with Crippen LogP contribution in [0.2, 0.25) is 15.1 Å². The third kappa shape index (κ3) is 1.96. The smallest absolute Gasteiger partial charge is 0.166 e. The van der Waals surface area contributed by atoms with Gasteiger partial charge in [-0.25, -0.2) is 0 Å². The van der Waals surface area contributed by atoms with E-state index in [0.29, 0.717) is 26.4 Å². The number of hydrogen-bond donors (Lipinski definition) is 0. The van der Waals surface area contributed by atoms with Crippen LogP contribution >= 0.6 is 34.8 Å². The summed E-state index contributed by atoms with van der Waals surface area (Å²) in [5.74, 6) is 0. The number of rotatable bonds is 2. The summed E-state index contributed by atoms with van der Waals surface area (Å²) in [6.45, 7) is 0. The number of nitrogens with zero attached hydrogens (tertiary/aromatic N) is 1. The molecule has 0 N–H and O–H groups in total. The first-order valence-corrected chi connectivity index (χ1v) is 5.54. The van der Waals surface area contributed by atoms with Gasteiger partial charge in [0.05, 0.1) is 26.4 Å². The molecule has 2 nitrogen and oxygen atoms in total. The van der Waals surface area contributed by atoms with Crippen molar-refractivity contribution in [2.24, 2.45) is 0 Å². The highest BCUT2D eigenvalue weighted by Gasteiger charge is 2.09. The second kappa shape index (κ2) is 4.50. The molecule has 1 heterocycles. The summed E-state index contributed by atoms with van der Waals surface area (Å²) < 4.78 is 1.65. The predicted molar refractivity (Wildman–Crippen MR) is 66.2 cm³/mol. The van der Waals surface area contributed by atoms with Crippen molar-refractivity contribution in [2.75, 3.05) is 0 Å². The minimum Gasteiger partial charge on any atom is -0.313 e. The average Bonchev–Trinajstić information content (AvgIpc) is 2.71. The molecule has 0 unspecified atom stereocenters. The van der Waals surface area contributed by atoms with E-state index in [-0.39, 0.29) is 0 Å². The van der Waals surface area contributed by atoms with E-state index < -0.39 is 0 Å². The normalized spacial score (nSPS) is 10.4. The molecule has 0 saturated carbocycles. The second-order valence-corrected chi connectivity index (χ2v) is 4.36. The van der Waals surface area contributed by atoms with Gasteiger partial charge in [-0.05, 0) is 24.3 Å². The molecule has 82 valence electrons. The molecular formula is C11H6Cl3NO. The van der Waals surface area contributed by atoms with Gasteiger partial charge >= 0.3 is 0 Å². The minimum atomic E-state index is 0.384. The number of halogens is 3. The lowest BCUT2D eigenvalue weighted by molar-refractivity contribution is 0.111. The number of hydrogen-bond acceptors (Lipinski definition) is 1. The number of aromatic nitrogens is 1. The van der Waals surface area contributed by atoms with Crippen molar-refractivity contribution >= 4 is 41.1 Å². The van der Waals surface area contributed by atoms with Crippen molar-refractivity contribution in [1.82, 2.24) is 4.57 Å². The third-order valence-electron chi connectivity index (χ3n) is 2.15. The van der Waals surface area contributed by atoms with Crippen LogP contribution in [0.15, 0.2) is 30.5 Å². The molecule has 2 aromatic rings. The summed E-state index contributed by atoms with van der Waals surface area (Å²) in [7, 11) is 0. The lowest BCUT2D eigenvalue weighted by Crippen LogP contribution is -1.98. The van der Waals surface area contributed by atoms with Gasteiger partial charge in [0.15, 0.2) is 6.29 Å². The molecule has 16 heavy (non-hydrogen) atoms. The minimum absolute atomic E-state index is 0.384. The highest BCUT2D eigenvalue weighted by molar-refractivity contribution is 6.43. The fourth-order valence-corrected chi connectivity index (χ4v) is 2.04. The van der Waals surface area contributed by atoms with Crippen molar-refractivity contribution in [2.45, 2.75) is 0 Å². The topological polar surface area (TPSA) is 22.0 Å². The van der Waals surface area contributed by atoms with E-state index in [4.69, 9.17) is 34.8 Å². The van der Waals surface area contributed by atoms with Crippen molar-refractivity contribution in [1.29, 1.82) is 0 Å². The molecule has 0 saturated heterocycles. The second-order valence-electron chi connectivity index (χ2n) is 3.14. The standard InChI is InChI=1S/C11H6Cl3NO/c12-8-4-10(14)11(5-9(8)13)15-3-1-2-7(15)6-16/h1-6H. The van der Waals surface area contributed by atoms with Crippen LogP contribution in [-0.4, -0.2) is 10.9 Å². The van der Waals surface area contributed by atoms with Crippen LogP contribution in [-0.2, 0) is 0 Å². The average molecular weight is 275 g/mol. The third-order valence-corrected chi connectivity index (χ3v) is 3.18. The molecule has 2 rings (SSSR count). The summed E-state index contributed by atoms with van der Waals surface area (Å²) in [6.07, 6.45) is 2.48. The van der Waals surface area contributed by atoms with E-state index in [0.717, 1.165) is 6.29 Å². The first-order valence-electron chi connectivity index (χ1n) is 4.41. The van der Waals surface area contributed by atoms with E-state index in [1.54, 1.807) is 35.0 Å². The number of carbonyl (C=O) groups excluding carboxylic acids is 1. The summed E-state index contributed by atoms with van der Waals surface area (Å²) in [6, 6.07) is 6.61. The Balaban J connectivity index is 2.64. The number of aldehydes is 1. The van der Waals surface area contributed by atoms with Crippen molar-refractivity contribution in [3.05, 3.63) is 51.2 Å². The van der Waals surface area contributed by atoms with Crippen molar-refractivity contribution in [3.8, 4) is 5.69 Å². The fourth-order valence-electron chi connectivity index (χ4n) is 1.41. The maximum absolute atomic E-state index is 10.8. The van der Waals surface area contributed by atoms with Gasteiger partial charge in [0.2, 0.25) is 0 Å². The Kier molecular flexibility index (Phi) is 3.24. The largest absolute Gasteiger partial charge is 0.313 e. The Morgan fingerprint density at radius 2 is 1.75 bits per heavy atom. The van der Waals surface area contributed by atoms with Crippen LogP contribution in [0.3, 0.4) is 0 Å². The Hall–Kier alpha value is -0.960. The Morgan fingerprint density at radius 1 is 1.06 bits per heavy atom. The Labute approximate surface area is 107 Å². The van der Waals surface area contributed by atoms with E-state index in [9.17, 15) is 4.79 Å². The molecule has 0 amide bonds. The van der Waals surface area contributed by atoms with Crippen LogP contribution in [0.25, 0.3) is 5.69 Å². The Morgan fingerprint density at radius 3 is 2.44 bits per heavy atom. The summed E-state index contributed by atoms with van der Waals surface area (Å²) in [5, 5.41) is 1.22. The monoisotopic (exact) mass is 273 g/mol. The van der Waals surface area contributed by atoms with Crippen LogP contribution in [0.1, 0.15) is 10.5 Å². The van der Waals surface area contributed by atoms with Crippen LogP contribution in [0, 0.1) is 0 Å². The predicted octanol–water partition coefficient (Wildman–Crippen LogP) is 4.25. The quantitative estimate of drug-likeness (QED) is 0.593. The first kappa shape index (κ1) is 11.5. The highest BCUT2D eigenvalue weighted by Crippen LogP contribution is 2.31. The van der Waals surface area contributed by atoms with Gasteiger partial charge in [-0.3, -0.25) is 4.79 Å². The molecule has 0 atom stereocenters. The summed E-state index contributed by atoms with van der Waals surface area (Å²) in [4.78, 5) is 10.8. The SMILES string of the molecule is O=Cc1cccn1-c1cc(Cl)c(Cl)cc1Cl. The molecule has 0 spiro atoms. The van der Waals surface area contributed by atoms with Gasteiger partial charge in [0.25, 0.3) is 0 Å². The molecule has 0 aliphatic heterocycles. The number of carbonyl (C=O) groups is 1.